The third-order valence-electron chi connectivity index (χ3n) is 3.30. The fourth-order valence-corrected chi connectivity index (χ4v) is 2.00. The average molecular weight is 234 g/mol. The van der Waals surface area contributed by atoms with E-state index >= 15 is 0 Å². The Morgan fingerprint density at radius 2 is 1.82 bits per heavy atom. The van der Waals surface area contributed by atoms with Gasteiger partial charge in [-0.3, -0.25) is 0 Å². The highest BCUT2D eigenvalue weighted by Gasteiger charge is 1.99. The Balaban J connectivity index is 2.14. The molecule has 0 spiro atoms. The van der Waals surface area contributed by atoms with E-state index in [2.05, 4.69) is 55.3 Å². The number of rotatable bonds is 8. The number of hydrogen-bond acceptors (Lipinski definition) is 2. The van der Waals surface area contributed by atoms with Crippen LogP contribution in [0.1, 0.15) is 31.4 Å². The van der Waals surface area contributed by atoms with E-state index in [-0.39, 0.29) is 0 Å². The van der Waals surface area contributed by atoms with Crippen LogP contribution in [-0.4, -0.2) is 31.1 Å². The van der Waals surface area contributed by atoms with Gasteiger partial charge in [-0.25, -0.2) is 0 Å². The first-order valence-electron chi connectivity index (χ1n) is 6.75. The smallest absolute Gasteiger partial charge is 0.0208 e. The standard InChI is InChI=1S/C15H26N2/c1-4-17(5-2)12-8-11-16-13-15-10-7-6-9-14(15)3/h6-7,9-10,16H,4-5,8,11-13H2,1-3H3. The van der Waals surface area contributed by atoms with E-state index in [1.807, 2.05) is 0 Å². The zero-order chi connectivity index (χ0) is 12.5. The molecule has 1 rings (SSSR count). The summed E-state index contributed by atoms with van der Waals surface area (Å²) in [7, 11) is 0. The molecule has 0 aliphatic carbocycles. The lowest BCUT2D eigenvalue weighted by atomic mass is 10.1. The molecule has 1 aromatic carbocycles. The minimum absolute atomic E-state index is 0.991. The molecule has 2 nitrogen and oxygen atoms in total. The number of hydrogen-bond donors (Lipinski definition) is 1. The van der Waals surface area contributed by atoms with Crippen LogP contribution in [0.25, 0.3) is 0 Å². The van der Waals surface area contributed by atoms with E-state index in [1.165, 1.54) is 24.1 Å². The first-order chi connectivity index (χ1) is 8.27. The van der Waals surface area contributed by atoms with E-state index in [0.29, 0.717) is 0 Å². The van der Waals surface area contributed by atoms with Crippen LogP contribution in [0.4, 0.5) is 0 Å². The third kappa shape index (κ3) is 5.33. The second kappa shape index (κ2) is 8.26. The Morgan fingerprint density at radius 1 is 1.12 bits per heavy atom. The third-order valence-corrected chi connectivity index (χ3v) is 3.30. The van der Waals surface area contributed by atoms with Crippen LogP contribution in [0.15, 0.2) is 24.3 Å². The van der Waals surface area contributed by atoms with Gasteiger partial charge in [0.2, 0.25) is 0 Å². The van der Waals surface area contributed by atoms with Crippen molar-refractivity contribution in [2.75, 3.05) is 26.2 Å². The van der Waals surface area contributed by atoms with Gasteiger partial charge in [-0.2, -0.15) is 0 Å². The molecule has 1 aromatic rings. The molecule has 2 heteroatoms. The van der Waals surface area contributed by atoms with Crippen molar-refractivity contribution in [3.63, 3.8) is 0 Å². The number of benzene rings is 1. The summed E-state index contributed by atoms with van der Waals surface area (Å²) in [5, 5.41) is 3.52. The van der Waals surface area contributed by atoms with E-state index in [0.717, 1.165) is 26.2 Å². The van der Waals surface area contributed by atoms with Gasteiger partial charge >= 0.3 is 0 Å². The maximum atomic E-state index is 3.52. The molecular weight excluding hydrogens is 208 g/mol. The fourth-order valence-electron chi connectivity index (χ4n) is 2.00. The molecule has 0 fully saturated rings. The van der Waals surface area contributed by atoms with Crippen molar-refractivity contribution in [2.45, 2.75) is 33.7 Å². The zero-order valence-corrected chi connectivity index (χ0v) is 11.5. The lowest BCUT2D eigenvalue weighted by Gasteiger charge is -2.17. The molecule has 0 heterocycles. The van der Waals surface area contributed by atoms with E-state index in [9.17, 15) is 0 Å². The van der Waals surface area contributed by atoms with Crippen LogP contribution in [-0.2, 0) is 6.54 Å². The molecule has 0 aliphatic rings. The average Bonchev–Trinajstić information content (AvgIpc) is 2.36. The van der Waals surface area contributed by atoms with Crippen molar-refractivity contribution in [3.05, 3.63) is 35.4 Å². The molecule has 1 N–H and O–H groups in total. The Hall–Kier alpha value is -0.860. The van der Waals surface area contributed by atoms with Crippen molar-refractivity contribution in [1.82, 2.24) is 10.2 Å². The lowest BCUT2D eigenvalue weighted by Crippen LogP contribution is -2.27. The maximum Gasteiger partial charge on any atom is 0.0208 e. The van der Waals surface area contributed by atoms with Gasteiger partial charge in [0, 0.05) is 6.54 Å². The van der Waals surface area contributed by atoms with Gasteiger partial charge < -0.3 is 10.2 Å². The molecular formula is C15H26N2. The molecule has 0 amide bonds. The van der Waals surface area contributed by atoms with Gasteiger partial charge in [0.1, 0.15) is 0 Å². The fraction of sp³-hybridized carbons (Fsp3) is 0.600. The molecule has 0 atom stereocenters. The maximum absolute atomic E-state index is 3.52. The summed E-state index contributed by atoms with van der Waals surface area (Å²) in [5.41, 5.74) is 2.79. The van der Waals surface area contributed by atoms with E-state index < -0.39 is 0 Å². The SMILES string of the molecule is CCN(CC)CCCNCc1ccccc1C. The van der Waals surface area contributed by atoms with Crippen molar-refractivity contribution in [1.29, 1.82) is 0 Å². The van der Waals surface area contributed by atoms with Crippen molar-refractivity contribution in [3.8, 4) is 0 Å². The molecule has 0 saturated heterocycles. The molecule has 0 unspecified atom stereocenters. The van der Waals surface area contributed by atoms with Gasteiger partial charge in [-0.15, -0.1) is 0 Å². The predicted octanol–water partition coefficient (Wildman–Crippen LogP) is 2.82. The van der Waals surface area contributed by atoms with E-state index in [1.54, 1.807) is 0 Å². The normalized spacial score (nSPS) is 11.1. The Labute approximate surface area is 106 Å². The van der Waals surface area contributed by atoms with Gasteiger partial charge in [0.05, 0.1) is 0 Å². The minimum Gasteiger partial charge on any atom is -0.313 e. The zero-order valence-electron chi connectivity index (χ0n) is 11.5. The monoisotopic (exact) mass is 234 g/mol. The number of nitrogens with one attached hydrogen (secondary N) is 1. The van der Waals surface area contributed by atoms with E-state index in [4.69, 9.17) is 0 Å². The van der Waals surface area contributed by atoms with Crippen LogP contribution in [0.5, 0.6) is 0 Å². The minimum atomic E-state index is 0.991. The van der Waals surface area contributed by atoms with Crippen molar-refractivity contribution >= 4 is 0 Å². The Bertz CT molecular complexity index is 306. The summed E-state index contributed by atoms with van der Waals surface area (Å²) in [6, 6.07) is 8.58. The highest BCUT2D eigenvalue weighted by atomic mass is 15.1. The highest BCUT2D eigenvalue weighted by molar-refractivity contribution is 5.25. The molecule has 0 radical (unpaired) electrons. The molecule has 17 heavy (non-hydrogen) atoms. The van der Waals surface area contributed by atoms with Gasteiger partial charge in [0.15, 0.2) is 0 Å². The van der Waals surface area contributed by atoms with Crippen molar-refractivity contribution < 1.29 is 0 Å². The first kappa shape index (κ1) is 14.2. The topological polar surface area (TPSA) is 15.3 Å². The molecule has 96 valence electrons. The van der Waals surface area contributed by atoms with Crippen LogP contribution >= 0.6 is 0 Å². The van der Waals surface area contributed by atoms with Gasteiger partial charge in [-0.1, -0.05) is 38.1 Å². The largest absolute Gasteiger partial charge is 0.313 e. The molecule has 0 aliphatic heterocycles. The summed E-state index contributed by atoms with van der Waals surface area (Å²) in [5.74, 6) is 0. The quantitative estimate of drug-likeness (QED) is 0.696. The second-order valence-electron chi connectivity index (χ2n) is 4.48. The van der Waals surface area contributed by atoms with Gasteiger partial charge in [0.25, 0.3) is 0 Å². The molecule has 0 aromatic heterocycles. The van der Waals surface area contributed by atoms with Crippen LogP contribution in [0, 0.1) is 6.92 Å². The summed E-state index contributed by atoms with van der Waals surface area (Å²) in [6.07, 6.45) is 1.23. The van der Waals surface area contributed by atoms with Gasteiger partial charge in [-0.05, 0) is 50.7 Å². The number of aryl methyl sites for hydroxylation is 1. The summed E-state index contributed by atoms with van der Waals surface area (Å²) in [4.78, 5) is 2.47. The Kier molecular flexibility index (Phi) is 6.90. The summed E-state index contributed by atoms with van der Waals surface area (Å²) >= 11 is 0. The predicted molar refractivity (Wildman–Crippen MR) is 75.3 cm³/mol. The highest BCUT2D eigenvalue weighted by Crippen LogP contribution is 2.05. The lowest BCUT2D eigenvalue weighted by molar-refractivity contribution is 0.298. The Morgan fingerprint density at radius 3 is 2.47 bits per heavy atom. The van der Waals surface area contributed by atoms with Crippen molar-refractivity contribution in [2.24, 2.45) is 0 Å². The summed E-state index contributed by atoms with van der Waals surface area (Å²) in [6.45, 7) is 12.2. The number of nitrogens with zero attached hydrogens (tertiary/aromatic N) is 1. The van der Waals surface area contributed by atoms with Crippen LogP contribution < -0.4 is 5.32 Å². The second-order valence-corrected chi connectivity index (χ2v) is 4.48. The molecule has 0 saturated carbocycles. The molecule has 0 bridgehead atoms. The summed E-state index contributed by atoms with van der Waals surface area (Å²) < 4.78 is 0. The first-order valence-corrected chi connectivity index (χ1v) is 6.75. The van der Waals surface area contributed by atoms with Crippen LogP contribution in [0.2, 0.25) is 0 Å². The van der Waals surface area contributed by atoms with Crippen LogP contribution in [0.3, 0.4) is 0 Å².